The molecule has 0 spiro atoms. The van der Waals surface area contributed by atoms with Crippen molar-refractivity contribution in [3.05, 3.63) is 59.2 Å². The maximum absolute atomic E-state index is 13.0. The lowest BCUT2D eigenvalue weighted by molar-refractivity contribution is -0.122. The zero-order valence-electron chi connectivity index (χ0n) is 17.7. The van der Waals surface area contributed by atoms with Gasteiger partial charge < -0.3 is 15.0 Å². The monoisotopic (exact) mass is 406 g/mol. The van der Waals surface area contributed by atoms with Gasteiger partial charge in [0.05, 0.1) is 11.3 Å². The van der Waals surface area contributed by atoms with Crippen LogP contribution in [0.4, 0.5) is 5.69 Å². The van der Waals surface area contributed by atoms with Gasteiger partial charge in [-0.1, -0.05) is 24.3 Å². The van der Waals surface area contributed by atoms with Gasteiger partial charge in [0.25, 0.3) is 11.8 Å². The third-order valence-electron chi connectivity index (χ3n) is 6.08. The minimum atomic E-state index is -0.656. The molecule has 30 heavy (non-hydrogen) atoms. The first kappa shape index (κ1) is 20.5. The highest BCUT2D eigenvalue weighted by atomic mass is 16.5. The van der Waals surface area contributed by atoms with E-state index in [4.69, 9.17) is 4.74 Å². The number of rotatable bonds is 5. The van der Waals surface area contributed by atoms with Gasteiger partial charge in [0.15, 0.2) is 6.10 Å². The molecule has 1 N–H and O–H groups in total. The number of hydrogen-bond donors (Lipinski definition) is 1. The highest BCUT2D eigenvalue weighted by Crippen LogP contribution is 2.30. The molecule has 2 aliphatic rings. The molecular weight excluding hydrogens is 376 g/mol. The number of ether oxygens (including phenoxy) is 1. The van der Waals surface area contributed by atoms with Crippen LogP contribution in [0.1, 0.15) is 60.5 Å². The summed E-state index contributed by atoms with van der Waals surface area (Å²) in [6.45, 7) is 3.31. The van der Waals surface area contributed by atoms with Crippen LogP contribution >= 0.6 is 0 Å². The predicted octanol–water partition coefficient (Wildman–Crippen LogP) is 4.60. The number of nitrogens with zero attached hydrogens (tertiary/aromatic N) is 1. The van der Waals surface area contributed by atoms with Gasteiger partial charge in [-0.3, -0.25) is 9.59 Å². The summed E-state index contributed by atoms with van der Waals surface area (Å²) in [6, 6.07) is 13.3. The van der Waals surface area contributed by atoms with Crippen molar-refractivity contribution in [2.45, 2.75) is 58.0 Å². The lowest BCUT2D eigenvalue weighted by atomic mass is 9.91. The highest BCUT2D eigenvalue weighted by Gasteiger charge is 2.24. The quantitative estimate of drug-likeness (QED) is 0.790. The van der Waals surface area contributed by atoms with Crippen LogP contribution in [-0.4, -0.2) is 35.9 Å². The van der Waals surface area contributed by atoms with Crippen LogP contribution in [0.2, 0.25) is 0 Å². The van der Waals surface area contributed by atoms with Gasteiger partial charge in [-0.25, -0.2) is 0 Å². The number of hydrogen-bond acceptors (Lipinski definition) is 3. The molecule has 1 aliphatic heterocycles. The van der Waals surface area contributed by atoms with E-state index in [1.54, 1.807) is 19.1 Å². The van der Waals surface area contributed by atoms with E-state index in [1.807, 2.05) is 29.2 Å². The number of aryl methyl sites for hydroxylation is 1. The van der Waals surface area contributed by atoms with Crippen LogP contribution in [0.15, 0.2) is 42.5 Å². The van der Waals surface area contributed by atoms with E-state index in [2.05, 4.69) is 11.4 Å². The third-order valence-corrected chi connectivity index (χ3v) is 6.08. The van der Waals surface area contributed by atoms with Crippen LogP contribution in [-0.2, 0) is 17.6 Å². The second kappa shape index (κ2) is 9.33. The molecule has 0 aromatic heterocycles. The van der Waals surface area contributed by atoms with Crippen molar-refractivity contribution in [1.82, 2.24) is 4.90 Å². The average Bonchev–Trinajstić information content (AvgIpc) is 2.80. The molecule has 1 aliphatic carbocycles. The summed E-state index contributed by atoms with van der Waals surface area (Å²) < 4.78 is 6.06. The normalized spacial score (nSPS) is 17.0. The van der Waals surface area contributed by atoms with E-state index in [9.17, 15) is 9.59 Å². The Morgan fingerprint density at radius 2 is 1.70 bits per heavy atom. The van der Waals surface area contributed by atoms with E-state index in [1.165, 1.54) is 24.0 Å². The fraction of sp³-hybridized carbons (Fsp3) is 0.440. The summed E-state index contributed by atoms with van der Waals surface area (Å²) in [6.07, 6.45) is 7.00. The number of piperidine rings is 1. The molecule has 2 amide bonds. The van der Waals surface area contributed by atoms with E-state index < -0.39 is 6.10 Å². The fourth-order valence-corrected chi connectivity index (χ4v) is 4.38. The Hall–Kier alpha value is -2.82. The van der Waals surface area contributed by atoms with Crippen molar-refractivity contribution >= 4 is 17.5 Å². The van der Waals surface area contributed by atoms with Crippen molar-refractivity contribution in [3.8, 4) is 5.75 Å². The Morgan fingerprint density at radius 1 is 0.933 bits per heavy atom. The molecule has 1 heterocycles. The fourth-order valence-electron chi connectivity index (χ4n) is 4.38. The van der Waals surface area contributed by atoms with Crippen molar-refractivity contribution < 1.29 is 14.3 Å². The molecule has 5 heteroatoms. The lowest BCUT2D eigenvalue weighted by Gasteiger charge is -2.27. The summed E-state index contributed by atoms with van der Waals surface area (Å²) in [5.74, 6) is 0.533. The minimum absolute atomic E-state index is 0.0173. The van der Waals surface area contributed by atoms with Gasteiger partial charge in [0, 0.05) is 13.1 Å². The SMILES string of the molecule is CC(Oc1cccc2c1CCCC2)C(=O)Nc1ccccc1C(=O)N1CCCCC1. The molecule has 1 unspecified atom stereocenters. The topological polar surface area (TPSA) is 58.6 Å². The molecule has 2 aromatic carbocycles. The number of amides is 2. The van der Waals surface area contributed by atoms with E-state index in [0.29, 0.717) is 11.3 Å². The van der Waals surface area contributed by atoms with Crippen LogP contribution in [0.5, 0.6) is 5.75 Å². The standard InChI is InChI=1S/C25H30N2O3/c1-18(30-23-15-9-11-19-10-3-4-12-20(19)23)24(28)26-22-14-6-5-13-21(22)25(29)27-16-7-2-8-17-27/h5-6,9,11,13-15,18H,2-4,7-8,10,12,16-17H2,1H3,(H,26,28). The van der Waals surface area contributed by atoms with Crippen molar-refractivity contribution in [2.75, 3.05) is 18.4 Å². The Morgan fingerprint density at radius 3 is 2.53 bits per heavy atom. The first-order valence-electron chi connectivity index (χ1n) is 11.1. The average molecular weight is 407 g/mol. The van der Waals surface area contributed by atoms with E-state index in [0.717, 1.165) is 50.9 Å². The summed E-state index contributed by atoms with van der Waals surface area (Å²) >= 11 is 0. The number of nitrogens with one attached hydrogen (secondary N) is 1. The first-order valence-corrected chi connectivity index (χ1v) is 11.1. The number of likely N-dealkylation sites (tertiary alicyclic amines) is 1. The van der Waals surface area contributed by atoms with Crippen molar-refractivity contribution in [1.29, 1.82) is 0 Å². The van der Waals surface area contributed by atoms with Gasteiger partial charge >= 0.3 is 0 Å². The van der Waals surface area contributed by atoms with E-state index in [-0.39, 0.29) is 11.8 Å². The Kier molecular flexibility index (Phi) is 6.36. The molecule has 5 nitrogen and oxygen atoms in total. The molecule has 0 bridgehead atoms. The van der Waals surface area contributed by atoms with Crippen LogP contribution in [0.3, 0.4) is 0 Å². The molecule has 158 valence electrons. The van der Waals surface area contributed by atoms with E-state index >= 15 is 0 Å². The summed E-state index contributed by atoms with van der Waals surface area (Å²) in [4.78, 5) is 27.7. The van der Waals surface area contributed by atoms with Gasteiger partial charge in [-0.05, 0) is 81.2 Å². The van der Waals surface area contributed by atoms with Gasteiger partial charge in [0.2, 0.25) is 0 Å². The maximum atomic E-state index is 13.0. The van der Waals surface area contributed by atoms with Crippen LogP contribution in [0, 0.1) is 0 Å². The van der Waals surface area contributed by atoms with Gasteiger partial charge in [0.1, 0.15) is 5.75 Å². The summed E-state index contributed by atoms with van der Waals surface area (Å²) in [7, 11) is 0. The molecule has 1 atom stereocenters. The number of para-hydroxylation sites is 1. The molecule has 0 radical (unpaired) electrons. The predicted molar refractivity (Wildman–Crippen MR) is 118 cm³/mol. The lowest BCUT2D eigenvalue weighted by Crippen LogP contribution is -2.36. The molecule has 1 fully saturated rings. The minimum Gasteiger partial charge on any atom is -0.481 e. The van der Waals surface area contributed by atoms with Crippen molar-refractivity contribution in [3.63, 3.8) is 0 Å². The number of carbonyl (C=O) groups excluding carboxylic acids is 2. The molecule has 0 saturated carbocycles. The maximum Gasteiger partial charge on any atom is 0.265 e. The first-order chi connectivity index (χ1) is 14.6. The molecular formula is C25H30N2O3. The number of benzene rings is 2. The molecule has 4 rings (SSSR count). The third kappa shape index (κ3) is 4.50. The smallest absolute Gasteiger partial charge is 0.265 e. The Bertz CT molecular complexity index is 918. The molecule has 1 saturated heterocycles. The number of carbonyl (C=O) groups is 2. The second-order valence-corrected chi connectivity index (χ2v) is 8.25. The summed E-state index contributed by atoms with van der Waals surface area (Å²) in [5.41, 5.74) is 3.63. The van der Waals surface area contributed by atoms with Crippen LogP contribution in [0.25, 0.3) is 0 Å². The Labute approximate surface area is 178 Å². The zero-order valence-corrected chi connectivity index (χ0v) is 17.7. The highest BCUT2D eigenvalue weighted by molar-refractivity contribution is 6.04. The van der Waals surface area contributed by atoms with Gasteiger partial charge in [-0.15, -0.1) is 0 Å². The largest absolute Gasteiger partial charge is 0.481 e. The summed E-state index contributed by atoms with van der Waals surface area (Å²) in [5, 5.41) is 2.92. The Balaban J connectivity index is 1.46. The zero-order chi connectivity index (χ0) is 20.9. The number of anilines is 1. The second-order valence-electron chi connectivity index (χ2n) is 8.25. The molecule has 2 aromatic rings. The number of fused-ring (bicyclic) bond motifs is 1. The van der Waals surface area contributed by atoms with Crippen LogP contribution < -0.4 is 10.1 Å². The van der Waals surface area contributed by atoms with Crippen molar-refractivity contribution in [2.24, 2.45) is 0 Å². The van der Waals surface area contributed by atoms with Gasteiger partial charge in [-0.2, -0.15) is 0 Å².